The molecule has 2 aliphatic heterocycles. The van der Waals surface area contributed by atoms with Crippen molar-refractivity contribution in [1.29, 1.82) is 0 Å². The number of hydrogen-bond donors (Lipinski definition) is 1. The molecule has 1 saturated heterocycles. The molecule has 4 heteroatoms. The lowest BCUT2D eigenvalue weighted by Gasteiger charge is -2.35. The van der Waals surface area contributed by atoms with Crippen LogP contribution in [0.15, 0.2) is 12.2 Å². The van der Waals surface area contributed by atoms with Crippen LogP contribution >= 0.6 is 0 Å². The van der Waals surface area contributed by atoms with Crippen molar-refractivity contribution < 1.29 is 9.53 Å². The molecule has 16 heavy (non-hydrogen) atoms. The van der Waals surface area contributed by atoms with Crippen LogP contribution in [0, 0.1) is 5.92 Å². The molecule has 1 N–H and O–H groups in total. The summed E-state index contributed by atoms with van der Waals surface area (Å²) in [5.41, 5.74) is 0. The van der Waals surface area contributed by atoms with Crippen LogP contribution in [-0.4, -0.2) is 43.3 Å². The van der Waals surface area contributed by atoms with Crippen molar-refractivity contribution in [2.45, 2.75) is 25.8 Å². The molecule has 0 aromatic carbocycles. The van der Waals surface area contributed by atoms with Crippen LogP contribution in [0.3, 0.4) is 0 Å². The minimum absolute atomic E-state index is 0.163. The lowest BCUT2D eigenvalue weighted by Crippen LogP contribution is -2.46. The summed E-state index contributed by atoms with van der Waals surface area (Å²) in [6.45, 7) is 5.09. The minimum atomic E-state index is -0.163. The van der Waals surface area contributed by atoms with Crippen molar-refractivity contribution in [2.24, 2.45) is 5.92 Å². The summed E-state index contributed by atoms with van der Waals surface area (Å²) in [4.78, 5) is 13.7. The third-order valence-corrected chi connectivity index (χ3v) is 3.39. The number of hydrogen-bond acceptors (Lipinski definition) is 3. The molecule has 2 unspecified atom stereocenters. The van der Waals surface area contributed by atoms with E-state index in [-0.39, 0.29) is 6.09 Å². The van der Waals surface area contributed by atoms with Gasteiger partial charge in [0.1, 0.15) is 0 Å². The molecule has 2 rings (SSSR count). The third kappa shape index (κ3) is 2.38. The number of rotatable bonds is 2. The summed E-state index contributed by atoms with van der Waals surface area (Å²) in [5.74, 6) is 0.578. The molecule has 4 nitrogen and oxygen atoms in total. The zero-order valence-corrected chi connectivity index (χ0v) is 9.82. The van der Waals surface area contributed by atoms with Crippen molar-refractivity contribution in [1.82, 2.24) is 10.2 Å². The van der Waals surface area contributed by atoms with Crippen LogP contribution in [0.1, 0.15) is 19.8 Å². The van der Waals surface area contributed by atoms with E-state index in [4.69, 9.17) is 4.74 Å². The summed E-state index contributed by atoms with van der Waals surface area (Å²) in [6, 6.07) is 0.319. The van der Waals surface area contributed by atoms with Gasteiger partial charge in [-0.1, -0.05) is 12.2 Å². The van der Waals surface area contributed by atoms with Gasteiger partial charge < -0.3 is 15.0 Å². The monoisotopic (exact) mass is 224 g/mol. The molecular weight excluding hydrogens is 204 g/mol. The van der Waals surface area contributed by atoms with E-state index in [1.54, 1.807) is 0 Å². The largest absolute Gasteiger partial charge is 0.450 e. The Balaban J connectivity index is 2.02. The standard InChI is InChI=1S/C12H20N2O2/c1-2-16-12(15)14-8-4-3-5-11(14)10-6-7-13-9-10/h3-4,10-11,13H,2,5-9H2,1H3. The van der Waals surface area contributed by atoms with Crippen LogP contribution in [-0.2, 0) is 4.74 Å². The van der Waals surface area contributed by atoms with E-state index in [1.807, 2.05) is 11.8 Å². The van der Waals surface area contributed by atoms with Crippen LogP contribution < -0.4 is 5.32 Å². The molecule has 0 aromatic rings. The Labute approximate surface area is 96.6 Å². The Morgan fingerprint density at radius 3 is 3.12 bits per heavy atom. The number of amides is 1. The quantitative estimate of drug-likeness (QED) is 0.721. The first-order chi connectivity index (χ1) is 7.83. The van der Waals surface area contributed by atoms with Crippen molar-refractivity contribution in [2.75, 3.05) is 26.2 Å². The number of nitrogens with one attached hydrogen (secondary N) is 1. The van der Waals surface area contributed by atoms with Crippen molar-refractivity contribution in [3.8, 4) is 0 Å². The van der Waals surface area contributed by atoms with Gasteiger partial charge in [0.05, 0.1) is 6.61 Å². The van der Waals surface area contributed by atoms with Crippen LogP contribution in [0.2, 0.25) is 0 Å². The second-order valence-electron chi connectivity index (χ2n) is 4.38. The van der Waals surface area contributed by atoms with Gasteiger partial charge in [0.2, 0.25) is 0 Å². The number of nitrogens with zero attached hydrogens (tertiary/aromatic N) is 1. The molecule has 2 heterocycles. The summed E-state index contributed by atoms with van der Waals surface area (Å²) in [6.07, 6.45) is 6.19. The zero-order chi connectivity index (χ0) is 11.4. The van der Waals surface area contributed by atoms with Crippen LogP contribution in [0.4, 0.5) is 4.79 Å². The van der Waals surface area contributed by atoms with E-state index < -0.39 is 0 Å². The first-order valence-electron chi connectivity index (χ1n) is 6.12. The summed E-state index contributed by atoms with van der Waals surface area (Å²) in [5, 5.41) is 3.36. The molecule has 0 saturated carbocycles. The SMILES string of the molecule is CCOC(=O)N1CC=CCC1C1CCNC1. The molecule has 1 fully saturated rings. The topological polar surface area (TPSA) is 41.6 Å². The van der Waals surface area contributed by atoms with Gasteiger partial charge in [0.15, 0.2) is 0 Å². The predicted molar refractivity (Wildman–Crippen MR) is 62.2 cm³/mol. The van der Waals surface area contributed by atoms with E-state index in [9.17, 15) is 4.79 Å². The second-order valence-corrected chi connectivity index (χ2v) is 4.38. The molecule has 0 bridgehead atoms. The lowest BCUT2D eigenvalue weighted by molar-refractivity contribution is 0.0809. The summed E-state index contributed by atoms with van der Waals surface area (Å²) in [7, 11) is 0. The highest BCUT2D eigenvalue weighted by atomic mass is 16.6. The zero-order valence-electron chi connectivity index (χ0n) is 9.82. The van der Waals surface area contributed by atoms with E-state index in [2.05, 4.69) is 17.5 Å². The normalized spacial score (nSPS) is 29.4. The highest BCUT2D eigenvalue weighted by Crippen LogP contribution is 2.24. The molecule has 0 aromatic heterocycles. The van der Waals surface area contributed by atoms with Crippen molar-refractivity contribution in [3.63, 3.8) is 0 Å². The minimum Gasteiger partial charge on any atom is -0.450 e. The molecule has 0 spiro atoms. The molecule has 1 amide bonds. The van der Waals surface area contributed by atoms with Gasteiger partial charge in [-0.15, -0.1) is 0 Å². The number of ether oxygens (including phenoxy) is 1. The Morgan fingerprint density at radius 2 is 2.44 bits per heavy atom. The highest BCUT2D eigenvalue weighted by molar-refractivity contribution is 5.68. The van der Waals surface area contributed by atoms with E-state index in [1.165, 1.54) is 0 Å². The smallest absolute Gasteiger partial charge is 0.410 e. The third-order valence-electron chi connectivity index (χ3n) is 3.39. The predicted octanol–water partition coefficient (Wildman–Crippen LogP) is 1.38. The molecule has 90 valence electrons. The van der Waals surface area contributed by atoms with Crippen molar-refractivity contribution in [3.05, 3.63) is 12.2 Å². The van der Waals surface area contributed by atoms with Gasteiger partial charge in [-0.2, -0.15) is 0 Å². The van der Waals surface area contributed by atoms with Gasteiger partial charge in [-0.3, -0.25) is 0 Å². The van der Waals surface area contributed by atoms with Gasteiger partial charge in [-0.25, -0.2) is 4.79 Å². The Kier molecular flexibility index (Phi) is 3.83. The number of carbonyl (C=O) groups is 1. The van der Waals surface area contributed by atoms with Gasteiger partial charge >= 0.3 is 6.09 Å². The summed E-state index contributed by atoms with van der Waals surface area (Å²) < 4.78 is 5.10. The van der Waals surface area contributed by atoms with E-state index in [0.717, 1.165) is 25.9 Å². The number of carbonyl (C=O) groups excluding carboxylic acids is 1. The van der Waals surface area contributed by atoms with E-state index >= 15 is 0 Å². The molecule has 0 aliphatic carbocycles. The first-order valence-corrected chi connectivity index (χ1v) is 6.12. The molecule has 2 aliphatic rings. The van der Waals surface area contributed by atoms with E-state index in [0.29, 0.717) is 25.1 Å². The van der Waals surface area contributed by atoms with Gasteiger partial charge in [0, 0.05) is 12.6 Å². The average molecular weight is 224 g/mol. The fourth-order valence-electron chi connectivity index (χ4n) is 2.56. The molecule has 2 atom stereocenters. The van der Waals surface area contributed by atoms with Crippen LogP contribution in [0.25, 0.3) is 0 Å². The molecular formula is C12H20N2O2. The maximum absolute atomic E-state index is 11.8. The second kappa shape index (κ2) is 5.34. The lowest BCUT2D eigenvalue weighted by atomic mass is 9.93. The highest BCUT2D eigenvalue weighted by Gasteiger charge is 2.33. The fourth-order valence-corrected chi connectivity index (χ4v) is 2.56. The fraction of sp³-hybridized carbons (Fsp3) is 0.750. The van der Waals surface area contributed by atoms with Gasteiger partial charge in [0.25, 0.3) is 0 Å². The van der Waals surface area contributed by atoms with Crippen molar-refractivity contribution >= 4 is 6.09 Å². The molecule has 0 radical (unpaired) electrons. The maximum Gasteiger partial charge on any atom is 0.410 e. The summed E-state index contributed by atoms with van der Waals surface area (Å²) >= 11 is 0. The van der Waals surface area contributed by atoms with Gasteiger partial charge in [-0.05, 0) is 38.8 Å². The van der Waals surface area contributed by atoms with Crippen LogP contribution in [0.5, 0.6) is 0 Å². The Hall–Kier alpha value is -1.03. The average Bonchev–Trinajstić information content (AvgIpc) is 2.83. The Morgan fingerprint density at radius 1 is 1.56 bits per heavy atom. The Bertz CT molecular complexity index is 272. The maximum atomic E-state index is 11.8. The first kappa shape index (κ1) is 11.5.